The van der Waals surface area contributed by atoms with E-state index in [1.54, 1.807) is 62.4 Å². The van der Waals surface area contributed by atoms with Gasteiger partial charge in [0, 0.05) is 10.4 Å². The Morgan fingerprint density at radius 1 is 0.667 bits per heavy atom. The van der Waals surface area contributed by atoms with E-state index in [0.717, 1.165) is 11.1 Å². The van der Waals surface area contributed by atoms with Crippen LogP contribution in [0.2, 0.25) is 5.02 Å². The largest absolute Gasteiger partial charge is 0.422 e. The number of rotatable bonds is 6. The minimum Gasteiger partial charge on any atom is -0.422 e. The lowest BCUT2D eigenvalue weighted by atomic mass is 10.1. The molecule has 0 atom stereocenters. The molecular weight excluding hydrogens is 558 g/mol. The van der Waals surface area contributed by atoms with Gasteiger partial charge in [-0.25, -0.2) is 21.6 Å². The van der Waals surface area contributed by atoms with E-state index in [9.17, 15) is 21.6 Å². The summed E-state index contributed by atoms with van der Waals surface area (Å²) in [5.74, 6) is 0. The lowest BCUT2D eigenvalue weighted by Gasteiger charge is -2.24. The molecule has 0 aliphatic heterocycles. The highest BCUT2D eigenvalue weighted by molar-refractivity contribution is 8.10. The number of aryl methyl sites for hydroxylation is 2. The molecule has 0 unspecified atom stereocenters. The van der Waals surface area contributed by atoms with Gasteiger partial charge in [-0.2, -0.15) is 3.71 Å². The van der Waals surface area contributed by atoms with Crippen LogP contribution >= 0.6 is 11.6 Å². The van der Waals surface area contributed by atoms with Crippen LogP contribution in [0.15, 0.2) is 116 Å². The number of hydrogen-bond acceptors (Lipinski definition) is 6. The first-order valence-corrected chi connectivity index (χ1v) is 15.0. The quantitative estimate of drug-likeness (QED) is 0.218. The fourth-order valence-electron chi connectivity index (χ4n) is 4.07. The highest BCUT2D eigenvalue weighted by Gasteiger charge is 2.37. The Balaban J connectivity index is 1.74. The number of benzene rings is 4. The van der Waals surface area contributed by atoms with Crippen molar-refractivity contribution in [2.75, 3.05) is 3.71 Å². The summed E-state index contributed by atoms with van der Waals surface area (Å²) in [7, 11) is -9.18. The van der Waals surface area contributed by atoms with Crippen LogP contribution in [0, 0.1) is 13.8 Å². The SMILES string of the molecule is Cc1ccc(S(=O)(=O)N(c2ccc3oc(=O)c(-c4ccc(Cl)cc4)cc3c2)S(=O)(=O)c2ccc(C)cc2)cc1. The van der Waals surface area contributed by atoms with Gasteiger partial charge in [-0.15, -0.1) is 0 Å². The molecule has 0 aliphatic carbocycles. The molecule has 0 N–H and O–H groups in total. The van der Waals surface area contributed by atoms with Gasteiger partial charge in [0.1, 0.15) is 5.58 Å². The lowest BCUT2D eigenvalue weighted by Crippen LogP contribution is -2.37. The van der Waals surface area contributed by atoms with Crippen molar-refractivity contribution in [1.29, 1.82) is 0 Å². The first-order valence-electron chi connectivity index (χ1n) is 11.7. The van der Waals surface area contributed by atoms with Crippen LogP contribution in [0.5, 0.6) is 0 Å². The molecule has 1 heterocycles. The average molecular weight is 580 g/mol. The smallest absolute Gasteiger partial charge is 0.344 e. The predicted octanol–water partition coefficient (Wildman–Crippen LogP) is 6.31. The molecule has 0 saturated heterocycles. The van der Waals surface area contributed by atoms with Crippen LogP contribution in [0.25, 0.3) is 22.1 Å². The van der Waals surface area contributed by atoms with Gasteiger partial charge in [0.15, 0.2) is 0 Å². The van der Waals surface area contributed by atoms with E-state index in [2.05, 4.69) is 0 Å². The molecule has 0 saturated carbocycles. The minimum absolute atomic E-state index is 0.139. The van der Waals surface area contributed by atoms with Crippen molar-refractivity contribution >= 4 is 48.3 Å². The summed E-state index contributed by atoms with van der Waals surface area (Å²) in [6.45, 7) is 3.60. The highest BCUT2D eigenvalue weighted by atomic mass is 35.5. The summed E-state index contributed by atoms with van der Waals surface area (Å²) in [6, 6.07) is 24.0. The van der Waals surface area contributed by atoms with Crippen molar-refractivity contribution in [3.8, 4) is 11.1 Å². The molecule has 5 rings (SSSR count). The molecule has 10 heteroatoms. The number of anilines is 1. The molecule has 0 radical (unpaired) electrons. The zero-order valence-electron chi connectivity index (χ0n) is 20.8. The van der Waals surface area contributed by atoms with E-state index in [1.165, 1.54) is 48.5 Å². The van der Waals surface area contributed by atoms with Crippen LogP contribution in [0.1, 0.15) is 11.1 Å². The summed E-state index contributed by atoms with van der Waals surface area (Å²) in [5.41, 5.74) is 1.81. The zero-order chi connectivity index (χ0) is 27.9. The second-order valence-corrected chi connectivity index (χ2v) is 13.3. The molecule has 4 aromatic carbocycles. The molecule has 0 bridgehead atoms. The Kier molecular flexibility index (Phi) is 6.84. The predicted molar refractivity (Wildman–Crippen MR) is 152 cm³/mol. The maximum Gasteiger partial charge on any atom is 0.344 e. The van der Waals surface area contributed by atoms with Crippen molar-refractivity contribution in [2.24, 2.45) is 0 Å². The zero-order valence-corrected chi connectivity index (χ0v) is 23.2. The van der Waals surface area contributed by atoms with Crippen molar-refractivity contribution < 1.29 is 21.3 Å². The van der Waals surface area contributed by atoms with E-state index < -0.39 is 25.7 Å². The maximum atomic E-state index is 13.9. The summed E-state index contributed by atoms with van der Waals surface area (Å²) in [6.07, 6.45) is 0. The molecule has 0 amide bonds. The molecule has 5 aromatic rings. The van der Waals surface area contributed by atoms with E-state index in [0.29, 0.717) is 19.7 Å². The molecule has 198 valence electrons. The van der Waals surface area contributed by atoms with Crippen molar-refractivity contribution in [3.05, 3.63) is 124 Å². The van der Waals surface area contributed by atoms with Crippen molar-refractivity contribution in [3.63, 3.8) is 0 Å². The van der Waals surface area contributed by atoms with Crippen molar-refractivity contribution in [1.82, 2.24) is 0 Å². The summed E-state index contributed by atoms with van der Waals surface area (Å²) in [4.78, 5) is 12.3. The van der Waals surface area contributed by atoms with Crippen LogP contribution in [0.3, 0.4) is 0 Å². The third-order valence-corrected chi connectivity index (χ3v) is 10.6. The van der Waals surface area contributed by atoms with Gasteiger partial charge in [0.05, 0.1) is 21.0 Å². The lowest BCUT2D eigenvalue weighted by molar-refractivity contribution is 0.563. The van der Waals surface area contributed by atoms with Gasteiger partial charge in [-0.05, 0) is 80.1 Å². The van der Waals surface area contributed by atoms with Gasteiger partial charge in [-0.1, -0.05) is 59.1 Å². The highest BCUT2D eigenvalue weighted by Crippen LogP contribution is 2.34. The van der Waals surface area contributed by atoms with Crippen LogP contribution in [-0.2, 0) is 20.0 Å². The molecule has 1 aromatic heterocycles. The first-order chi connectivity index (χ1) is 18.5. The average Bonchev–Trinajstić information content (AvgIpc) is 2.89. The van der Waals surface area contributed by atoms with Crippen LogP contribution < -0.4 is 9.34 Å². The van der Waals surface area contributed by atoms with Gasteiger partial charge in [0.2, 0.25) is 0 Å². The monoisotopic (exact) mass is 579 g/mol. The number of nitrogens with zero attached hydrogens (tertiary/aromatic N) is 1. The van der Waals surface area contributed by atoms with E-state index in [-0.39, 0.29) is 26.6 Å². The fourth-order valence-corrected chi connectivity index (χ4v) is 7.87. The van der Waals surface area contributed by atoms with Gasteiger partial charge in [0.25, 0.3) is 20.0 Å². The van der Waals surface area contributed by atoms with Crippen LogP contribution in [-0.4, -0.2) is 16.8 Å². The molecule has 39 heavy (non-hydrogen) atoms. The third-order valence-electron chi connectivity index (χ3n) is 6.16. The molecule has 7 nitrogen and oxygen atoms in total. The van der Waals surface area contributed by atoms with E-state index in [1.807, 2.05) is 0 Å². The first kappa shape index (κ1) is 26.7. The van der Waals surface area contributed by atoms with E-state index >= 15 is 0 Å². The Hall–Kier alpha value is -3.92. The molecule has 0 spiro atoms. The standard InChI is InChI=1S/C29H22ClNO6S2/c1-19-3-12-25(13-4-19)38(33,34)31(39(35,36)26-14-5-20(2)6-15-26)24-11-16-28-22(17-24)18-27(29(32)37-28)21-7-9-23(30)10-8-21/h3-18H,1-2H3. The number of fused-ring (bicyclic) bond motifs is 1. The maximum absolute atomic E-state index is 13.9. The normalized spacial score (nSPS) is 12.0. The molecule has 0 aliphatic rings. The second-order valence-electron chi connectivity index (χ2n) is 9.01. The molecular formula is C29H22ClNO6S2. The summed E-state index contributed by atoms with van der Waals surface area (Å²) < 4.78 is 61.5. The van der Waals surface area contributed by atoms with E-state index in [4.69, 9.17) is 16.0 Å². The Bertz CT molecular complexity index is 1890. The molecule has 0 fully saturated rings. The number of sulfonamides is 2. The van der Waals surface area contributed by atoms with Gasteiger partial charge in [-0.3, -0.25) is 0 Å². The second kappa shape index (κ2) is 10.00. The van der Waals surface area contributed by atoms with Crippen LogP contribution in [0.4, 0.5) is 5.69 Å². The fraction of sp³-hybridized carbons (Fsp3) is 0.0690. The van der Waals surface area contributed by atoms with Gasteiger partial charge < -0.3 is 4.42 Å². The van der Waals surface area contributed by atoms with Crippen molar-refractivity contribution in [2.45, 2.75) is 23.6 Å². The minimum atomic E-state index is -4.59. The third kappa shape index (κ3) is 5.08. The summed E-state index contributed by atoms with van der Waals surface area (Å²) in [5, 5.41) is 0.824. The Morgan fingerprint density at radius 3 is 1.69 bits per heavy atom. The topological polar surface area (TPSA) is 102 Å². The number of halogens is 1. The Labute approximate surface area is 231 Å². The Morgan fingerprint density at radius 2 is 1.18 bits per heavy atom. The van der Waals surface area contributed by atoms with Gasteiger partial charge >= 0.3 is 5.63 Å². The number of hydrogen-bond donors (Lipinski definition) is 0. The summed E-state index contributed by atoms with van der Waals surface area (Å²) >= 11 is 5.97.